The van der Waals surface area contributed by atoms with Gasteiger partial charge in [0.2, 0.25) is 5.88 Å². The summed E-state index contributed by atoms with van der Waals surface area (Å²) < 4.78 is 9.48. The maximum atomic E-state index is 12.7. The number of nitrogens with zero attached hydrogens (tertiary/aromatic N) is 3. The third-order valence-electron chi connectivity index (χ3n) is 4.42. The molecular formula is C21H25N3O2. The van der Waals surface area contributed by atoms with Crippen LogP contribution in [0.3, 0.4) is 0 Å². The summed E-state index contributed by atoms with van der Waals surface area (Å²) in [5.41, 5.74) is 1.58. The van der Waals surface area contributed by atoms with E-state index < -0.39 is 0 Å². The Kier molecular flexibility index (Phi) is 5.92. The lowest BCUT2D eigenvalue weighted by molar-refractivity contribution is 0.213. The number of aromatic nitrogens is 2. The first-order valence-electron chi connectivity index (χ1n) is 9.05. The van der Waals surface area contributed by atoms with Gasteiger partial charge in [0.15, 0.2) is 0 Å². The number of rotatable bonds is 8. The predicted octanol–water partition coefficient (Wildman–Crippen LogP) is 3.35. The molecule has 0 spiro atoms. The largest absolute Gasteiger partial charge is 0.476 e. The molecular weight excluding hydrogens is 326 g/mol. The molecule has 0 saturated carbocycles. The first-order valence-corrected chi connectivity index (χ1v) is 9.05. The van der Waals surface area contributed by atoms with E-state index in [2.05, 4.69) is 18.7 Å². The van der Waals surface area contributed by atoms with Crippen LogP contribution in [0.4, 0.5) is 0 Å². The lowest BCUT2D eigenvalue weighted by atomic mass is 10.3. The second-order valence-electron chi connectivity index (χ2n) is 5.99. The number of hydrogen-bond acceptors (Lipinski definition) is 3. The summed E-state index contributed by atoms with van der Waals surface area (Å²) in [6, 6.07) is 21.0. The zero-order valence-corrected chi connectivity index (χ0v) is 15.3. The zero-order valence-electron chi connectivity index (χ0n) is 15.3. The molecule has 5 nitrogen and oxygen atoms in total. The van der Waals surface area contributed by atoms with E-state index in [1.807, 2.05) is 65.3 Å². The minimum Gasteiger partial charge on any atom is -0.476 e. The Morgan fingerprint density at radius 2 is 1.38 bits per heavy atom. The molecule has 0 fully saturated rings. The quantitative estimate of drug-likeness (QED) is 0.625. The van der Waals surface area contributed by atoms with E-state index in [1.165, 1.54) is 0 Å². The molecule has 0 aliphatic carbocycles. The molecule has 0 bridgehead atoms. The van der Waals surface area contributed by atoms with Crippen LogP contribution >= 0.6 is 0 Å². The van der Waals surface area contributed by atoms with Crippen molar-refractivity contribution in [2.24, 2.45) is 0 Å². The van der Waals surface area contributed by atoms with Crippen molar-refractivity contribution >= 4 is 0 Å². The summed E-state index contributed by atoms with van der Waals surface area (Å²) in [6.45, 7) is 7.59. The summed E-state index contributed by atoms with van der Waals surface area (Å²) in [7, 11) is 0. The Labute approximate surface area is 154 Å². The van der Waals surface area contributed by atoms with Gasteiger partial charge < -0.3 is 9.64 Å². The van der Waals surface area contributed by atoms with E-state index in [-0.39, 0.29) is 5.56 Å². The second kappa shape index (κ2) is 8.54. The molecule has 3 rings (SSSR count). The average Bonchev–Trinajstić information content (AvgIpc) is 3.02. The third kappa shape index (κ3) is 3.89. The first kappa shape index (κ1) is 18.0. The van der Waals surface area contributed by atoms with Gasteiger partial charge in [-0.05, 0) is 37.4 Å². The van der Waals surface area contributed by atoms with Gasteiger partial charge in [0.1, 0.15) is 6.61 Å². The highest BCUT2D eigenvalue weighted by Gasteiger charge is 2.15. The fourth-order valence-electron chi connectivity index (χ4n) is 2.97. The molecule has 1 aromatic heterocycles. The normalized spacial score (nSPS) is 11.0. The van der Waals surface area contributed by atoms with Crippen molar-refractivity contribution in [1.82, 2.24) is 14.3 Å². The Hall–Kier alpha value is -2.79. The van der Waals surface area contributed by atoms with E-state index in [1.54, 1.807) is 10.7 Å². The van der Waals surface area contributed by atoms with E-state index in [0.29, 0.717) is 12.5 Å². The van der Waals surface area contributed by atoms with Crippen LogP contribution in [-0.2, 0) is 0 Å². The summed E-state index contributed by atoms with van der Waals surface area (Å²) in [6.07, 6.45) is 0. The van der Waals surface area contributed by atoms with Gasteiger partial charge in [-0.3, -0.25) is 4.79 Å². The van der Waals surface area contributed by atoms with Crippen molar-refractivity contribution in [2.45, 2.75) is 13.8 Å². The number of benzene rings is 2. The molecule has 0 N–H and O–H groups in total. The van der Waals surface area contributed by atoms with Gasteiger partial charge in [0.05, 0.1) is 17.4 Å². The molecule has 2 aromatic carbocycles. The number of likely N-dealkylation sites (N-methyl/N-ethyl adjacent to an activating group) is 1. The van der Waals surface area contributed by atoms with Crippen LogP contribution in [0.2, 0.25) is 0 Å². The van der Waals surface area contributed by atoms with Gasteiger partial charge in [0, 0.05) is 6.54 Å². The molecule has 5 heteroatoms. The molecule has 0 unspecified atom stereocenters. The van der Waals surface area contributed by atoms with Gasteiger partial charge in [-0.15, -0.1) is 0 Å². The van der Waals surface area contributed by atoms with Gasteiger partial charge in [0.25, 0.3) is 5.56 Å². The zero-order chi connectivity index (χ0) is 18.4. The summed E-state index contributed by atoms with van der Waals surface area (Å²) in [5.74, 6) is 0.553. The van der Waals surface area contributed by atoms with E-state index in [0.717, 1.165) is 31.0 Å². The van der Waals surface area contributed by atoms with Crippen LogP contribution in [0, 0.1) is 0 Å². The molecule has 1 heterocycles. The first-order chi connectivity index (χ1) is 12.7. The molecule has 0 aliphatic rings. The van der Waals surface area contributed by atoms with Gasteiger partial charge in [-0.2, -0.15) is 0 Å². The van der Waals surface area contributed by atoms with Crippen LogP contribution in [0.5, 0.6) is 5.88 Å². The number of para-hydroxylation sites is 2. The maximum Gasteiger partial charge on any atom is 0.275 e. The lowest BCUT2D eigenvalue weighted by Gasteiger charge is -2.19. The molecule has 0 atom stereocenters. The standard InChI is InChI=1S/C21H25N3O2/c1-3-22(4-2)15-16-26-21-17-20(25)23(18-11-7-5-8-12-18)24(21)19-13-9-6-10-14-19/h5-14,17H,3-4,15-16H2,1-2H3. The highest BCUT2D eigenvalue weighted by atomic mass is 16.5. The molecule has 136 valence electrons. The topological polar surface area (TPSA) is 39.4 Å². The maximum absolute atomic E-state index is 12.7. The molecule has 26 heavy (non-hydrogen) atoms. The number of ether oxygens (including phenoxy) is 1. The summed E-state index contributed by atoms with van der Waals surface area (Å²) in [4.78, 5) is 15.0. The molecule has 0 saturated heterocycles. The Morgan fingerprint density at radius 3 is 1.92 bits per heavy atom. The van der Waals surface area contributed by atoms with Crippen LogP contribution in [-0.4, -0.2) is 40.5 Å². The molecule has 0 aliphatic heterocycles. The Morgan fingerprint density at radius 1 is 0.846 bits per heavy atom. The van der Waals surface area contributed by atoms with Crippen LogP contribution in [0.15, 0.2) is 71.5 Å². The van der Waals surface area contributed by atoms with Crippen LogP contribution < -0.4 is 10.3 Å². The minimum absolute atomic E-state index is 0.113. The fourth-order valence-corrected chi connectivity index (χ4v) is 2.97. The lowest BCUT2D eigenvalue weighted by Crippen LogP contribution is -2.28. The molecule has 0 radical (unpaired) electrons. The minimum atomic E-state index is -0.113. The Bertz CT molecular complexity index is 865. The molecule has 0 amide bonds. The molecule has 3 aromatic rings. The van der Waals surface area contributed by atoms with E-state index in [9.17, 15) is 4.79 Å². The summed E-state index contributed by atoms with van der Waals surface area (Å²) in [5, 5.41) is 0. The van der Waals surface area contributed by atoms with Crippen molar-refractivity contribution in [3.8, 4) is 17.3 Å². The highest BCUT2D eigenvalue weighted by molar-refractivity contribution is 5.40. The van der Waals surface area contributed by atoms with Crippen molar-refractivity contribution in [3.05, 3.63) is 77.1 Å². The fraction of sp³-hybridized carbons (Fsp3) is 0.286. The van der Waals surface area contributed by atoms with Crippen molar-refractivity contribution in [1.29, 1.82) is 0 Å². The van der Waals surface area contributed by atoms with E-state index >= 15 is 0 Å². The number of hydrogen-bond donors (Lipinski definition) is 0. The smallest absolute Gasteiger partial charge is 0.275 e. The van der Waals surface area contributed by atoms with Crippen molar-refractivity contribution in [3.63, 3.8) is 0 Å². The predicted molar refractivity (Wildman–Crippen MR) is 105 cm³/mol. The average molecular weight is 351 g/mol. The van der Waals surface area contributed by atoms with E-state index in [4.69, 9.17) is 4.74 Å². The van der Waals surface area contributed by atoms with Gasteiger partial charge in [-0.1, -0.05) is 50.2 Å². The highest BCUT2D eigenvalue weighted by Crippen LogP contribution is 2.20. The third-order valence-corrected chi connectivity index (χ3v) is 4.42. The Balaban J connectivity index is 1.98. The van der Waals surface area contributed by atoms with Gasteiger partial charge >= 0.3 is 0 Å². The van der Waals surface area contributed by atoms with Crippen LogP contribution in [0.1, 0.15) is 13.8 Å². The summed E-state index contributed by atoms with van der Waals surface area (Å²) >= 11 is 0. The van der Waals surface area contributed by atoms with Crippen molar-refractivity contribution < 1.29 is 4.74 Å². The van der Waals surface area contributed by atoms with Crippen LogP contribution in [0.25, 0.3) is 11.4 Å². The SMILES string of the molecule is CCN(CC)CCOc1cc(=O)n(-c2ccccc2)n1-c1ccccc1. The monoisotopic (exact) mass is 351 g/mol. The second-order valence-corrected chi connectivity index (χ2v) is 5.99. The van der Waals surface area contributed by atoms with Crippen molar-refractivity contribution in [2.75, 3.05) is 26.2 Å². The van der Waals surface area contributed by atoms with Gasteiger partial charge in [-0.25, -0.2) is 9.36 Å².